The van der Waals surface area contributed by atoms with Gasteiger partial charge >= 0.3 is 0 Å². The number of nitrogens with zero attached hydrogens (tertiary/aromatic N) is 1. The minimum absolute atomic E-state index is 0.895. The van der Waals surface area contributed by atoms with Crippen molar-refractivity contribution in [3.05, 3.63) is 140 Å². The van der Waals surface area contributed by atoms with Crippen molar-refractivity contribution in [1.29, 1.82) is 0 Å². The van der Waals surface area contributed by atoms with E-state index in [2.05, 4.69) is 144 Å². The molecule has 0 aliphatic heterocycles. The first-order chi connectivity index (χ1) is 18.8. The Labute approximate surface area is 220 Å². The molecular formula is C36H23NO. The summed E-state index contributed by atoms with van der Waals surface area (Å²) in [5, 5.41) is 9.61. The number of para-hydroxylation sites is 1. The highest BCUT2D eigenvalue weighted by Gasteiger charge is 2.21. The van der Waals surface area contributed by atoms with Gasteiger partial charge in [-0.15, -0.1) is 0 Å². The second-order valence-corrected chi connectivity index (χ2v) is 9.78. The van der Waals surface area contributed by atoms with Crippen LogP contribution in [0.4, 0.5) is 17.1 Å². The molecule has 0 unspecified atom stereocenters. The van der Waals surface area contributed by atoms with Crippen molar-refractivity contribution in [1.82, 2.24) is 0 Å². The second kappa shape index (κ2) is 8.22. The number of rotatable bonds is 3. The minimum atomic E-state index is 0.895. The first-order valence-corrected chi connectivity index (χ1v) is 12.9. The quantitative estimate of drug-likeness (QED) is 0.247. The molecule has 0 saturated heterocycles. The number of benzene rings is 7. The number of fused-ring (bicyclic) bond motifs is 8. The van der Waals surface area contributed by atoms with Crippen molar-refractivity contribution < 1.29 is 4.42 Å². The molecule has 0 saturated carbocycles. The molecule has 1 aromatic heterocycles. The van der Waals surface area contributed by atoms with Gasteiger partial charge in [-0.05, 0) is 57.3 Å². The molecule has 7 aromatic carbocycles. The van der Waals surface area contributed by atoms with Crippen LogP contribution in [0.2, 0.25) is 0 Å². The molecule has 8 aromatic rings. The van der Waals surface area contributed by atoms with E-state index < -0.39 is 0 Å². The van der Waals surface area contributed by atoms with Gasteiger partial charge in [-0.2, -0.15) is 0 Å². The highest BCUT2D eigenvalue weighted by Crippen LogP contribution is 2.46. The summed E-state index contributed by atoms with van der Waals surface area (Å²) in [5.41, 5.74) is 5.12. The van der Waals surface area contributed by atoms with Gasteiger partial charge in [-0.1, -0.05) is 103 Å². The fourth-order valence-corrected chi connectivity index (χ4v) is 5.89. The van der Waals surface area contributed by atoms with Crippen molar-refractivity contribution >= 4 is 71.3 Å². The molecule has 0 spiro atoms. The van der Waals surface area contributed by atoms with E-state index in [1.54, 1.807) is 0 Å². The zero-order valence-corrected chi connectivity index (χ0v) is 20.6. The molecule has 0 atom stereocenters. The Morgan fingerprint density at radius 1 is 0.395 bits per heavy atom. The summed E-state index contributed by atoms with van der Waals surface area (Å²) in [7, 11) is 0. The highest BCUT2D eigenvalue weighted by molar-refractivity contribution is 6.28. The van der Waals surface area contributed by atoms with Gasteiger partial charge in [0.05, 0.1) is 5.69 Å². The molecule has 0 aliphatic rings. The second-order valence-electron chi connectivity index (χ2n) is 9.78. The summed E-state index contributed by atoms with van der Waals surface area (Å²) in [4.78, 5) is 2.35. The average molecular weight is 486 g/mol. The molecule has 2 heteroatoms. The molecule has 38 heavy (non-hydrogen) atoms. The Morgan fingerprint density at radius 2 is 1.03 bits per heavy atom. The summed E-state index contributed by atoms with van der Waals surface area (Å²) >= 11 is 0. The SMILES string of the molecule is c1ccc(N(c2ccc3ccccc3c2)c2cc3oc4ccc5ccccc5c4c3c3ccccc23)cc1. The standard InChI is InChI=1S/C36H23NO/c1-2-13-27(14-3-1)37(28-20-18-24-10-4-5-12-26(24)22-28)32-23-34-36(31-17-9-8-16-30(31)32)35-29-15-7-6-11-25(29)19-21-33(35)38-34/h1-23H. The van der Waals surface area contributed by atoms with E-state index >= 15 is 0 Å². The zero-order valence-electron chi connectivity index (χ0n) is 20.6. The number of hydrogen-bond acceptors (Lipinski definition) is 2. The summed E-state index contributed by atoms with van der Waals surface area (Å²) < 4.78 is 6.57. The largest absolute Gasteiger partial charge is 0.456 e. The number of furan rings is 1. The number of anilines is 3. The molecule has 0 aliphatic carbocycles. The van der Waals surface area contributed by atoms with Gasteiger partial charge in [0.1, 0.15) is 11.2 Å². The summed E-state index contributed by atoms with van der Waals surface area (Å²) in [6, 6.07) is 49.5. The van der Waals surface area contributed by atoms with Gasteiger partial charge in [0.15, 0.2) is 0 Å². The fraction of sp³-hybridized carbons (Fsp3) is 0. The maximum atomic E-state index is 6.57. The molecule has 0 bridgehead atoms. The van der Waals surface area contributed by atoms with Crippen LogP contribution >= 0.6 is 0 Å². The minimum Gasteiger partial charge on any atom is -0.456 e. The van der Waals surface area contributed by atoms with Crippen molar-refractivity contribution in [3.63, 3.8) is 0 Å². The van der Waals surface area contributed by atoms with Crippen molar-refractivity contribution in [3.8, 4) is 0 Å². The summed E-state index contributed by atoms with van der Waals surface area (Å²) in [6.07, 6.45) is 0. The van der Waals surface area contributed by atoms with E-state index in [-0.39, 0.29) is 0 Å². The molecule has 0 N–H and O–H groups in total. The summed E-state index contributed by atoms with van der Waals surface area (Å²) in [5.74, 6) is 0. The van der Waals surface area contributed by atoms with E-state index in [1.807, 2.05) is 0 Å². The van der Waals surface area contributed by atoms with E-state index in [0.29, 0.717) is 0 Å². The summed E-state index contributed by atoms with van der Waals surface area (Å²) in [6.45, 7) is 0. The van der Waals surface area contributed by atoms with Crippen LogP contribution < -0.4 is 4.90 Å². The smallest absolute Gasteiger partial charge is 0.138 e. The lowest BCUT2D eigenvalue weighted by molar-refractivity contribution is 0.669. The monoisotopic (exact) mass is 485 g/mol. The van der Waals surface area contributed by atoms with Crippen LogP contribution in [0, 0.1) is 0 Å². The van der Waals surface area contributed by atoms with Crippen LogP contribution in [0.15, 0.2) is 144 Å². The van der Waals surface area contributed by atoms with Crippen molar-refractivity contribution in [2.75, 3.05) is 4.90 Å². The van der Waals surface area contributed by atoms with Crippen molar-refractivity contribution in [2.45, 2.75) is 0 Å². The van der Waals surface area contributed by atoms with Gasteiger partial charge in [-0.3, -0.25) is 0 Å². The third kappa shape index (κ3) is 3.14. The highest BCUT2D eigenvalue weighted by atomic mass is 16.3. The first kappa shape index (κ1) is 21.0. The van der Waals surface area contributed by atoms with Gasteiger partial charge in [-0.25, -0.2) is 0 Å². The molecule has 178 valence electrons. The molecule has 0 radical (unpaired) electrons. The zero-order chi connectivity index (χ0) is 25.1. The Balaban J connectivity index is 1.49. The van der Waals surface area contributed by atoms with E-state index in [9.17, 15) is 0 Å². The average Bonchev–Trinajstić information content (AvgIpc) is 3.37. The lowest BCUT2D eigenvalue weighted by Gasteiger charge is -2.27. The normalized spacial score (nSPS) is 11.7. The Hall–Kier alpha value is -5.08. The van der Waals surface area contributed by atoms with Gasteiger partial charge in [0.2, 0.25) is 0 Å². The van der Waals surface area contributed by atoms with E-state index in [4.69, 9.17) is 4.42 Å². The van der Waals surface area contributed by atoms with Crippen LogP contribution in [-0.4, -0.2) is 0 Å². The van der Waals surface area contributed by atoms with Gasteiger partial charge in [0, 0.05) is 33.6 Å². The predicted molar refractivity (Wildman–Crippen MR) is 161 cm³/mol. The molecule has 8 rings (SSSR count). The van der Waals surface area contributed by atoms with E-state index in [1.165, 1.54) is 43.1 Å². The van der Waals surface area contributed by atoms with Crippen molar-refractivity contribution in [2.24, 2.45) is 0 Å². The fourth-order valence-electron chi connectivity index (χ4n) is 5.89. The van der Waals surface area contributed by atoms with Crippen LogP contribution in [0.3, 0.4) is 0 Å². The molecule has 0 fully saturated rings. The molecule has 0 amide bonds. The van der Waals surface area contributed by atoms with Crippen LogP contribution in [0.5, 0.6) is 0 Å². The maximum Gasteiger partial charge on any atom is 0.138 e. The predicted octanol–water partition coefficient (Wildman–Crippen LogP) is 10.5. The Kier molecular flexibility index (Phi) is 4.55. The lowest BCUT2D eigenvalue weighted by atomic mass is 9.98. The molecule has 1 heterocycles. The van der Waals surface area contributed by atoms with Crippen LogP contribution in [-0.2, 0) is 0 Å². The van der Waals surface area contributed by atoms with Crippen LogP contribution in [0.1, 0.15) is 0 Å². The Morgan fingerprint density at radius 3 is 1.87 bits per heavy atom. The molecule has 2 nitrogen and oxygen atoms in total. The third-order valence-electron chi connectivity index (χ3n) is 7.59. The first-order valence-electron chi connectivity index (χ1n) is 12.9. The lowest BCUT2D eigenvalue weighted by Crippen LogP contribution is -2.10. The van der Waals surface area contributed by atoms with Gasteiger partial charge < -0.3 is 9.32 Å². The van der Waals surface area contributed by atoms with Gasteiger partial charge in [0.25, 0.3) is 0 Å². The molecular weight excluding hydrogens is 462 g/mol. The Bertz CT molecular complexity index is 2140. The third-order valence-corrected chi connectivity index (χ3v) is 7.59. The van der Waals surface area contributed by atoms with E-state index in [0.717, 1.165) is 28.2 Å². The number of hydrogen-bond donors (Lipinski definition) is 0. The van der Waals surface area contributed by atoms with Crippen LogP contribution in [0.25, 0.3) is 54.3 Å². The topological polar surface area (TPSA) is 16.4 Å². The maximum absolute atomic E-state index is 6.57.